The third kappa shape index (κ3) is 5.46. The fourth-order valence-corrected chi connectivity index (χ4v) is 26.9. The minimum absolute atomic E-state index is 0. The zero-order valence-corrected chi connectivity index (χ0v) is 39.6. The molecule has 0 radical (unpaired) electrons. The second-order valence-electron chi connectivity index (χ2n) is 20.8. The third-order valence-electron chi connectivity index (χ3n) is 18.3. The predicted molar refractivity (Wildman–Crippen MR) is 224 cm³/mol. The maximum Gasteiger partial charge on any atom is -1.00 e. The number of halogens is 2. The molecule has 55 heavy (non-hydrogen) atoms. The molecule has 3 aromatic rings. The molecular weight excluding hydrogens is 787 g/mol. The van der Waals surface area contributed by atoms with Crippen molar-refractivity contribution in [3.63, 3.8) is 0 Å². The summed E-state index contributed by atoms with van der Waals surface area (Å²) in [5.41, 5.74) is 17.1. The van der Waals surface area contributed by atoms with E-state index in [4.69, 9.17) is 0 Å². The Labute approximate surface area is 354 Å². The molecule has 6 atom stereocenters. The van der Waals surface area contributed by atoms with Crippen molar-refractivity contribution in [3.8, 4) is 11.1 Å². The molecule has 8 aliphatic rings. The van der Waals surface area contributed by atoms with Gasteiger partial charge in [-0.3, -0.25) is 0 Å². The minimum Gasteiger partial charge on any atom is -1.00 e. The second kappa shape index (κ2) is 13.9. The van der Waals surface area contributed by atoms with Gasteiger partial charge in [0.2, 0.25) is 0 Å². The summed E-state index contributed by atoms with van der Waals surface area (Å²) >= 11 is -2.64. The summed E-state index contributed by atoms with van der Waals surface area (Å²) in [6.07, 6.45) is 22.1. The minimum atomic E-state index is -2.64. The smallest absolute Gasteiger partial charge is 1.00 e. The van der Waals surface area contributed by atoms with Gasteiger partial charge in [-0.25, -0.2) is 0 Å². The van der Waals surface area contributed by atoms with Gasteiger partial charge in [-0.2, -0.15) is 0 Å². The molecule has 0 spiro atoms. The van der Waals surface area contributed by atoms with E-state index in [0.717, 1.165) is 17.8 Å². The number of allylic oxidation sites excluding steroid dienone is 4. The molecule has 5 fully saturated rings. The summed E-state index contributed by atoms with van der Waals surface area (Å²) in [6.45, 7) is 26.0. The van der Waals surface area contributed by atoms with Gasteiger partial charge in [0.15, 0.2) is 0 Å². The van der Waals surface area contributed by atoms with Crippen LogP contribution >= 0.6 is 0 Å². The first-order valence-corrected chi connectivity index (χ1v) is 25.8. The molecule has 11 rings (SSSR count). The molecule has 0 heterocycles. The van der Waals surface area contributed by atoms with Crippen LogP contribution in [-0.2, 0) is 24.4 Å². The molecule has 4 bridgehead atoms. The zero-order valence-electron chi connectivity index (χ0n) is 35.6. The number of fused-ring (bicyclic) bond motifs is 8. The van der Waals surface area contributed by atoms with Gasteiger partial charge in [0.05, 0.1) is 0 Å². The van der Waals surface area contributed by atoms with Crippen LogP contribution < -0.4 is 24.8 Å². The Bertz CT molecular complexity index is 2150. The van der Waals surface area contributed by atoms with Crippen molar-refractivity contribution in [3.05, 3.63) is 90.3 Å². The van der Waals surface area contributed by atoms with Crippen LogP contribution in [0.15, 0.2) is 51.3 Å². The Morgan fingerprint density at radius 3 is 1.91 bits per heavy atom. The van der Waals surface area contributed by atoms with E-state index in [1.807, 2.05) is 8.84 Å². The summed E-state index contributed by atoms with van der Waals surface area (Å²) in [5, 5.41) is 3.09. The van der Waals surface area contributed by atoms with Crippen LogP contribution in [-0.4, -0.2) is 3.21 Å². The fourth-order valence-electron chi connectivity index (χ4n) is 15.4. The SMILES string of the molecule is CC1=CC(C)(C23CC4CC(CC(C4)C2)C3)C=[C]1[Zr+2](=[C]1CCCCC1)[C]1(C)c2c3c(c4ccccc4c2C(C)C(C)C1C)-c1cc(C)c(C)c(C)c1C3C.[Cl-].[Cl-]. The van der Waals surface area contributed by atoms with Crippen LogP contribution in [0, 0.1) is 61.2 Å². The van der Waals surface area contributed by atoms with E-state index in [1.165, 1.54) is 92.7 Å². The first-order valence-electron chi connectivity index (χ1n) is 22.1. The fraction of sp³-hybridized carbons (Fsp3) is 0.596. The summed E-state index contributed by atoms with van der Waals surface area (Å²) in [7, 11) is 0. The van der Waals surface area contributed by atoms with Crippen LogP contribution in [0.25, 0.3) is 21.9 Å². The van der Waals surface area contributed by atoms with Crippen LogP contribution in [0.1, 0.15) is 170 Å². The molecule has 6 unspecified atom stereocenters. The van der Waals surface area contributed by atoms with E-state index in [2.05, 4.69) is 115 Å². The van der Waals surface area contributed by atoms with Crippen molar-refractivity contribution in [2.24, 2.45) is 40.4 Å². The number of benzene rings is 3. The number of aryl methyl sites for hydroxylation is 1. The summed E-state index contributed by atoms with van der Waals surface area (Å²) in [6, 6.07) is 12.3. The van der Waals surface area contributed by atoms with Gasteiger partial charge >= 0.3 is 332 Å². The summed E-state index contributed by atoms with van der Waals surface area (Å²) in [4.78, 5) is 0. The van der Waals surface area contributed by atoms with Crippen molar-refractivity contribution in [2.75, 3.05) is 0 Å². The van der Waals surface area contributed by atoms with Gasteiger partial charge in [0, 0.05) is 0 Å². The molecule has 0 saturated heterocycles. The van der Waals surface area contributed by atoms with Crippen LogP contribution in [0.2, 0.25) is 0 Å². The van der Waals surface area contributed by atoms with E-state index in [0.29, 0.717) is 29.1 Å². The van der Waals surface area contributed by atoms with Crippen LogP contribution in [0.4, 0.5) is 0 Å². The first-order chi connectivity index (χ1) is 25.3. The average molecular weight is 853 g/mol. The van der Waals surface area contributed by atoms with Gasteiger partial charge in [-0.1, -0.05) is 0 Å². The van der Waals surface area contributed by atoms with E-state index >= 15 is 0 Å². The van der Waals surface area contributed by atoms with E-state index in [-0.39, 0.29) is 33.4 Å². The van der Waals surface area contributed by atoms with E-state index in [1.54, 1.807) is 38.8 Å². The summed E-state index contributed by atoms with van der Waals surface area (Å²) in [5.74, 6) is 5.27. The molecule has 3 heteroatoms. The molecule has 0 nitrogen and oxygen atoms in total. The van der Waals surface area contributed by atoms with Crippen molar-refractivity contribution < 1.29 is 46.1 Å². The topological polar surface area (TPSA) is 0 Å². The quantitative estimate of drug-likeness (QED) is 0.249. The van der Waals surface area contributed by atoms with Gasteiger partial charge < -0.3 is 24.8 Å². The molecular formula is C52H66Cl2Zr. The maximum atomic E-state index is 3.06. The molecule has 0 N–H and O–H groups in total. The Morgan fingerprint density at radius 1 is 0.691 bits per heavy atom. The molecule has 0 amide bonds. The third-order valence-corrected chi connectivity index (χ3v) is 28.2. The number of hydrogen-bond acceptors (Lipinski definition) is 0. The average Bonchev–Trinajstić information content (AvgIpc) is 3.60. The Kier molecular flexibility index (Phi) is 10.2. The van der Waals surface area contributed by atoms with E-state index in [9.17, 15) is 0 Å². The summed E-state index contributed by atoms with van der Waals surface area (Å²) < 4.78 is 4.23. The van der Waals surface area contributed by atoms with Crippen molar-refractivity contribution in [1.82, 2.24) is 0 Å². The predicted octanol–water partition coefficient (Wildman–Crippen LogP) is 8.33. The monoisotopic (exact) mass is 850 g/mol. The normalized spacial score (nSPS) is 36.6. The number of hydrogen-bond donors (Lipinski definition) is 0. The van der Waals surface area contributed by atoms with Crippen LogP contribution in [0.5, 0.6) is 0 Å². The first kappa shape index (κ1) is 40.5. The van der Waals surface area contributed by atoms with Crippen LogP contribution in [0.3, 0.4) is 0 Å². The Balaban J connectivity index is 0.00000214. The van der Waals surface area contributed by atoms with Gasteiger partial charge in [0.25, 0.3) is 0 Å². The Hall–Kier alpha value is -1.27. The van der Waals surface area contributed by atoms with E-state index < -0.39 is 21.3 Å². The molecule has 8 aliphatic carbocycles. The van der Waals surface area contributed by atoms with Crippen molar-refractivity contribution >= 4 is 14.0 Å². The second-order valence-corrected chi connectivity index (χ2v) is 28.3. The van der Waals surface area contributed by atoms with Gasteiger partial charge in [-0.05, 0) is 0 Å². The van der Waals surface area contributed by atoms with Gasteiger partial charge in [-0.15, -0.1) is 0 Å². The largest absolute Gasteiger partial charge is 1.00 e. The molecule has 0 aliphatic heterocycles. The maximum absolute atomic E-state index is 3.06. The molecule has 5 saturated carbocycles. The molecule has 292 valence electrons. The van der Waals surface area contributed by atoms with Gasteiger partial charge in [0.1, 0.15) is 0 Å². The zero-order chi connectivity index (χ0) is 36.9. The standard InChI is InChI=1S/C29H33.C17H23.C6H10.2ClH.Zr/c1-14-13-24-25(18(5)15(14)2)21(8)28-27-20(7)17(4)16(3)19(6)26(27)22-11-9-10-12-23(22)29(24)28;1-12-3-4-16(2,8-12)17-9-13-5-14(10-17)7-15(6-13)11-17;1-2-4-6-5-3-1;;;/h9-13,16-17,19,21H,1-8H3;4,8,13-15H,5-7,9-11H2,1-2H3;1-5H2;2*1H;/q;;;;;+2/p-2. The number of rotatable bonds is 3. The van der Waals surface area contributed by atoms with Crippen molar-refractivity contribution in [2.45, 2.75) is 155 Å². The molecule has 0 aromatic heterocycles. The molecule has 3 aromatic carbocycles. The Morgan fingerprint density at radius 2 is 1.29 bits per heavy atom. The van der Waals surface area contributed by atoms with Crippen molar-refractivity contribution in [1.29, 1.82) is 0 Å².